The van der Waals surface area contributed by atoms with Gasteiger partial charge in [0.15, 0.2) is 0 Å². The number of rotatable bonds is 9. The normalized spacial score (nSPS) is 17.7. The van der Waals surface area contributed by atoms with Crippen molar-refractivity contribution < 1.29 is 15.1 Å². The molecule has 4 rings (SSSR count). The molecular formula is C33H43Cl3N4O3. The third kappa shape index (κ3) is 7.95. The summed E-state index contributed by atoms with van der Waals surface area (Å²) in [6.07, 6.45) is 3.39. The summed E-state index contributed by atoms with van der Waals surface area (Å²) >= 11 is 12.8. The van der Waals surface area contributed by atoms with Crippen molar-refractivity contribution in [2.24, 2.45) is 0 Å². The van der Waals surface area contributed by atoms with Crippen molar-refractivity contribution in [3.8, 4) is 0 Å². The number of urea groups is 1. The van der Waals surface area contributed by atoms with Crippen LogP contribution in [0, 0.1) is 0 Å². The molecule has 0 spiro atoms. The molecule has 0 aromatic heterocycles. The molecule has 10 heteroatoms. The minimum absolute atomic E-state index is 0. The predicted octanol–water partition coefficient (Wildman–Crippen LogP) is 7.36. The first-order chi connectivity index (χ1) is 19.7. The van der Waals surface area contributed by atoms with Crippen LogP contribution in [0.25, 0.3) is 0 Å². The van der Waals surface area contributed by atoms with Gasteiger partial charge in [0.2, 0.25) is 0 Å². The Morgan fingerprint density at radius 1 is 0.977 bits per heavy atom. The standard InChI is InChI=1S/C33H40Cl2N4O2.ClH.H2O/c1-5-7-20-37(3)31(40)24-13-16-27(17-14-24)39-21-19-33(26-11-9-8-10-12-26,38(4)32(41)36-6-2)23-30(39)25-15-18-28(34)29(35)22-25;;/h8-18,22,30H,5-7,19-21,23H2,1-4H3,(H,36,41);1H;1H2. The summed E-state index contributed by atoms with van der Waals surface area (Å²) in [6.45, 7) is 6.03. The fourth-order valence-corrected chi connectivity index (χ4v) is 6.11. The highest BCUT2D eigenvalue weighted by molar-refractivity contribution is 6.42. The van der Waals surface area contributed by atoms with E-state index in [2.05, 4.69) is 29.3 Å². The van der Waals surface area contributed by atoms with Crippen LogP contribution in [0.1, 0.15) is 67.1 Å². The summed E-state index contributed by atoms with van der Waals surface area (Å²) in [5, 5.41) is 3.98. The maximum absolute atomic E-state index is 13.3. The second-order valence-corrected chi connectivity index (χ2v) is 11.6. The molecule has 3 aromatic carbocycles. The number of nitrogens with one attached hydrogen (secondary N) is 1. The molecule has 3 amide bonds. The Balaban J connectivity index is 0.00000323. The number of hydrogen-bond donors (Lipinski definition) is 1. The van der Waals surface area contributed by atoms with E-state index < -0.39 is 5.54 Å². The summed E-state index contributed by atoms with van der Waals surface area (Å²) in [5.41, 5.74) is 3.24. The fourth-order valence-electron chi connectivity index (χ4n) is 5.81. The molecule has 1 saturated heterocycles. The number of hydrogen-bond acceptors (Lipinski definition) is 3. The number of carbonyl (C=O) groups excluding carboxylic acids is 2. The Morgan fingerprint density at radius 2 is 1.65 bits per heavy atom. The summed E-state index contributed by atoms with van der Waals surface area (Å²) in [6, 6.07) is 23.7. The molecule has 1 aliphatic heterocycles. The van der Waals surface area contributed by atoms with Gasteiger partial charge in [-0.25, -0.2) is 4.79 Å². The Labute approximate surface area is 271 Å². The molecule has 234 valence electrons. The molecule has 43 heavy (non-hydrogen) atoms. The Kier molecular flexibility index (Phi) is 13.6. The van der Waals surface area contributed by atoms with Gasteiger partial charge in [0.25, 0.3) is 5.91 Å². The number of anilines is 1. The van der Waals surface area contributed by atoms with Gasteiger partial charge in [-0.05, 0) is 73.7 Å². The van der Waals surface area contributed by atoms with Crippen LogP contribution in [0.5, 0.6) is 0 Å². The van der Waals surface area contributed by atoms with Gasteiger partial charge >= 0.3 is 6.03 Å². The first-order valence-corrected chi connectivity index (χ1v) is 15.1. The van der Waals surface area contributed by atoms with E-state index in [0.29, 0.717) is 35.1 Å². The summed E-state index contributed by atoms with van der Waals surface area (Å²) < 4.78 is 0. The zero-order chi connectivity index (χ0) is 29.6. The van der Waals surface area contributed by atoms with E-state index >= 15 is 0 Å². The fraction of sp³-hybridized carbons (Fsp3) is 0.394. The Morgan fingerprint density at radius 3 is 2.26 bits per heavy atom. The first kappa shape index (κ1) is 36.2. The topological polar surface area (TPSA) is 87.4 Å². The van der Waals surface area contributed by atoms with Crippen LogP contribution in [0.15, 0.2) is 72.8 Å². The number of benzene rings is 3. The van der Waals surface area contributed by atoms with Gasteiger partial charge < -0.3 is 25.5 Å². The average Bonchev–Trinajstić information content (AvgIpc) is 3.00. The van der Waals surface area contributed by atoms with Crippen molar-refractivity contribution >= 4 is 53.2 Å². The van der Waals surface area contributed by atoms with E-state index in [9.17, 15) is 9.59 Å². The molecule has 1 fully saturated rings. The van der Waals surface area contributed by atoms with Crippen molar-refractivity contribution in [1.82, 2.24) is 15.1 Å². The predicted molar refractivity (Wildman–Crippen MR) is 180 cm³/mol. The monoisotopic (exact) mass is 648 g/mol. The lowest BCUT2D eigenvalue weighted by Gasteiger charge is -2.52. The lowest BCUT2D eigenvalue weighted by Crippen LogP contribution is -2.56. The lowest BCUT2D eigenvalue weighted by atomic mass is 9.74. The quantitative estimate of drug-likeness (QED) is 0.263. The number of unbranched alkanes of at least 4 members (excludes halogenated alkanes) is 1. The average molecular weight is 650 g/mol. The van der Waals surface area contributed by atoms with Gasteiger partial charge in [0.05, 0.1) is 21.6 Å². The largest absolute Gasteiger partial charge is 0.412 e. The smallest absolute Gasteiger partial charge is 0.317 e. The van der Waals surface area contributed by atoms with Crippen LogP contribution in [-0.2, 0) is 5.54 Å². The summed E-state index contributed by atoms with van der Waals surface area (Å²) in [5.74, 6) is 0.0244. The van der Waals surface area contributed by atoms with E-state index in [1.54, 1.807) is 4.90 Å². The van der Waals surface area contributed by atoms with Crippen LogP contribution >= 0.6 is 35.6 Å². The molecule has 0 saturated carbocycles. The van der Waals surface area contributed by atoms with Crippen LogP contribution in [0.2, 0.25) is 10.0 Å². The first-order valence-electron chi connectivity index (χ1n) is 14.4. The molecule has 1 heterocycles. The molecule has 2 atom stereocenters. The number of halogens is 3. The third-order valence-electron chi connectivity index (χ3n) is 8.23. The molecule has 3 N–H and O–H groups in total. The van der Waals surface area contributed by atoms with E-state index in [4.69, 9.17) is 23.2 Å². The van der Waals surface area contributed by atoms with Crippen molar-refractivity contribution in [1.29, 1.82) is 0 Å². The number of amides is 3. The molecule has 0 aliphatic carbocycles. The minimum atomic E-state index is -0.550. The van der Waals surface area contributed by atoms with Crippen LogP contribution in [0.3, 0.4) is 0 Å². The molecule has 2 unspecified atom stereocenters. The molecule has 0 bridgehead atoms. The summed E-state index contributed by atoms with van der Waals surface area (Å²) in [4.78, 5) is 32.2. The zero-order valence-corrected chi connectivity index (χ0v) is 27.6. The zero-order valence-electron chi connectivity index (χ0n) is 25.3. The summed E-state index contributed by atoms with van der Waals surface area (Å²) in [7, 11) is 3.74. The highest BCUT2D eigenvalue weighted by Crippen LogP contribution is 2.48. The maximum Gasteiger partial charge on any atom is 0.317 e. The van der Waals surface area contributed by atoms with Crippen LogP contribution in [-0.4, -0.2) is 60.9 Å². The molecule has 3 aromatic rings. The van der Waals surface area contributed by atoms with Gasteiger partial charge in [0, 0.05) is 45.0 Å². The minimum Gasteiger partial charge on any atom is -0.412 e. The molecular weight excluding hydrogens is 607 g/mol. The van der Waals surface area contributed by atoms with Gasteiger partial charge in [0.1, 0.15) is 0 Å². The highest BCUT2D eigenvalue weighted by atomic mass is 35.5. The van der Waals surface area contributed by atoms with Gasteiger partial charge in [-0.3, -0.25) is 4.79 Å². The van der Waals surface area contributed by atoms with Crippen LogP contribution < -0.4 is 10.2 Å². The molecule has 7 nitrogen and oxygen atoms in total. The molecule has 0 radical (unpaired) electrons. The maximum atomic E-state index is 13.3. The van der Waals surface area contributed by atoms with E-state index in [1.165, 1.54) is 0 Å². The van der Waals surface area contributed by atoms with E-state index in [1.807, 2.05) is 86.6 Å². The second-order valence-electron chi connectivity index (χ2n) is 10.8. The van der Waals surface area contributed by atoms with E-state index in [-0.39, 0.29) is 35.9 Å². The molecule has 1 aliphatic rings. The van der Waals surface area contributed by atoms with Crippen molar-refractivity contribution in [2.45, 2.75) is 51.1 Å². The van der Waals surface area contributed by atoms with Crippen molar-refractivity contribution in [3.63, 3.8) is 0 Å². The van der Waals surface area contributed by atoms with Gasteiger partial charge in [-0.15, -0.1) is 12.4 Å². The lowest BCUT2D eigenvalue weighted by molar-refractivity contribution is 0.0793. The Bertz CT molecular complexity index is 1340. The van der Waals surface area contributed by atoms with Crippen molar-refractivity contribution in [3.05, 3.63) is 99.5 Å². The number of piperidine rings is 1. The SMILES string of the molecule is CCCCN(C)C(=O)c1ccc(N2CCC(c3ccccc3)(N(C)C(=O)NCC)CC2c2ccc(Cl)c(Cl)c2)cc1.Cl.O. The number of carbonyl (C=O) groups is 2. The van der Waals surface area contributed by atoms with E-state index in [0.717, 1.165) is 42.6 Å². The van der Waals surface area contributed by atoms with Crippen LogP contribution in [0.4, 0.5) is 10.5 Å². The second kappa shape index (κ2) is 16.2. The number of nitrogens with zero attached hydrogens (tertiary/aromatic N) is 3. The Hall–Kier alpha value is -2.97. The highest BCUT2D eigenvalue weighted by Gasteiger charge is 2.46. The van der Waals surface area contributed by atoms with Gasteiger partial charge in [-0.1, -0.05) is 72.9 Å². The van der Waals surface area contributed by atoms with Crippen molar-refractivity contribution in [2.75, 3.05) is 38.6 Å². The van der Waals surface area contributed by atoms with Gasteiger partial charge in [-0.2, -0.15) is 0 Å². The third-order valence-corrected chi connectivity index (χ3v) is 8.97.